The number of nitrogens with zero attached hydrogens (tertiary/aromatic N) is 4. The number of hydrogen-bond acceptors (Lipinski definition) is 5. The second kappa shape index (κ2) is 8.43. The number of hydrogen-bond donors (Lipinski definition) is 0. The van der Waals surface area contributed by atoms with E-state index in [2.05, 4.69) is 9.97 Å². The topological polar surface area (TPSA) is 77.3 Å². The predicted octanol–water partition coefficient (Wildman–Crippen LogP) is 3.83. The van der Waals surface area contributed by atoms with Crippen LogP contribution in [0.3, 0.4) is 0 Å². The minimum Gasteiger partial charge on any atom is -0.445 e. The van der Waals surface area contributed by atoms with Gasteiger partial charge in [0.15, 0.2) is 17.3 Å². The zero-order chi connectivity index (χ0) is 20.2. The number of amides is 1. The molecule has 2 aromatic heterocycles. The van der Waals surface area contributed by atoms with Crippen molar-refractivity contribution in [3.05, 3.63) is 60.0 Å². The quantitative estimate of drug-likeness (QED) is 0.617. The van der Waals surface area contributed by atoms with Gasteiger partial charge in [0.2, 0.25) is 0 Å². The van der Waals surface area contributed by atoms with E-state index in [-0.39, 0.29) is 24.5 Å². The van der Waals surface area contributed by atoms with Crippen molar-refractivity contribution in [3.63, 3.8) is 0 Å². The van der Waals surface area contributed by atoms with Crippen molar-refractivity contribution >= 4 is 23.0 Å². The van der Waals surface area contributed by atoms with Gasteiger partial charge in [-0.2, -0.15) is 0 Å². The Kier molecular flexibility index (Phi) is 5.55. The first-order chi connectivity index (χ1) is 14.1. The molecule has 3 heterocycles. The highest BCUT2D eigenvalue weighted by molar-refractivity contribution is 5.94. The molecule has 7 heteroatoms. The fraction of sp³-hybridized carbons (Fsp3) is 0.364. The molecule has 0 spiro atoms. The average Bonchev–Trinajstić information content (AvgIpc) is 3.12. The molecule has 0 aliphatic carbocycles. The molecule has 0 radical (unpaired) electrons. The summed E-state index contributed by atoms with van der Waals surface area (Å²) in [5.41, 5.74) is 2.31. The maximum Gasteiger partial charge on any atom is 0.410 e. The second-order valence-electron chi connectivity index (χ2n) is 7.33. The summed E-state index contributed by atoms with van der Waals surface area (Å²) in [6, 6.07) is 13.2. The number of likely N-dealkylation sites (tertiary alicyclic amines) is 1. The SMILES string of the molecule is CC(=O)c1nc2cccnc2n1C[C@@H]1CCCCN1C(=O)OCc1ccccc1. The third-order valence-electron chi connectivity index (χ3n) is 5.28. The van der Waals surface area contributed by atoms with E-state index in [1.54, 1.807) is 17.2 Å². The largest absolute Gasteiger partial charge is 0.445 e. The summed E-state index contributed by atoms with van der Waals surface area (Å²) in [5.74, 6) is 0.263. The molecule has 150 valence electrons. The van der Waals surface area contributed by atoms with Crippen molar-refractivity contribution in [2.24, 2.45) is 0 Å². The van der Waals surface area contributed by atoms with Gasteiger partial charge in [-0.25, -0.2) is 14.8 Å². The summed E-state index contributed by atoms with van der Waals surface area (Å²) < 4.78 is 7.40. The van der Waals surface area contributed by atoms with Gasteiger partial charge in [0.1, 0.15) is 12.1 Å². The van der Waals surface area contributed by atoms with E-state index in [0.717, 1.165) is 24.8 Å². The first-order valence-electron chi connectivity index (χ1n) is 9.93. The molecule has 0 unspecified atom stereocenters. The third kappa shape index (κ3) is 4.13. The van der Waals surface area contributed by atoms with Gasteiger partial charge in [-0.3, -0.25) is 4.79 Å². The van der Waals surface area contributed by atoms with E-state index in [9.17, 15) is 9.59 Å². The Morgan fingerprint density at radius 2 is 1.97 bits per heavy atom. The minimum absolute atomic E-state index is 0.0653. The van der Waals surface area contributed by atoms with E-state index in [4.69, 9.17) is 4.74 Å². The number of Topliss-reactive ketones (excluding diaryl/α,β-unsaturated/α-hetero) is 1. The monoisotopic (exact) mass is 392 g/mol. The first kappa shape index (κ1) is 19.1. The van der Waals surface area contributed by atoms with Crippen molar-refractivity contribution in [1.29, 1.82) is 0 Å². The lowest BCUT2D eigenvalue weighted by molar-refractivity contribution is 0.0638. The smallest absolute Gasteiger partial charge is 0.410 e. The Morgan fingerprint density at radius 1 is 1.14 bits per heavy atom. The van der Waals surface area contributed by atoms with E-state index in [1.807, 2.05) is 41.0 Å². The van der Waals surface area contributed by atoms with E-state index < -0.39 is 0 Å². The van der Waals surface area contributed by atoms with Crippen LogP contribution in [0.4, 0.5) is 4.79 Å². The van der Waals surface area contributed by atoms with Crippen molar-refractivity contribution < 1.29 is 14.3 Å². The maximum absolute atomic E-state index is 12.8. The summed E-state index contributed by atoms with van der Waals surface area (Å²) in [6.07, 6.45) is 4.20. The van der Waals surface area contributed by atoms with Gasteiger partial charge in [-0.1, -0.05) is 30.3 Å². The molecule has 1 atom stereocenters. The minimum atomic E-state index is -0.319. The number of fused-ring (bicyclic) bond motifs is 1. The Balaban J connectivity index is 1.54. The van der Waals surface area contributed by atoms with Gasteiger partial charge in [-0.15, -0.1) is 0 Å². The molecule has 7 nitrogen and oxygen atoms in total. The molecule has 0 N–H and O–H groups in total. The van der Waals surface area contributed by atoms with E-state index in [1.165, 1.54) is 6.92 Å². The number of carbonyl (C=O) groups is 2. The summed E-state index contributed by atoms with van der Waals surface area (Å²) in [7, 11) is 0. The molecule has 1 saturated heterocycles. The van der Waals surface area contributed by atoms with Gasteiger partial charge in [-0.05, 0) is 37.0 Å². The molecular weight excluding hydrogens is 368 g/mol. The average molecular weight is 392 g/mol. The Bertz CT molecular complexity index is 1020. The molecule has 1 amide bonds. The lowest BCUT2D eigenvalue weighted by Gasteiger charge is -2.35. The summed E-state index contributed by atoms with van der Waals surface area (Å²) in [5, 5.41) is 0. The highest BCUT2D eigenvalue weighted by atomic mass is 16.6. The molecule has 1 aromatic carbocycles. The number of rotatable bonds is 5. The van der Waals surface area contributed by atoms with Crippen molar-refractivity contribution in [2.45, 2.75) is 45.4 Å². The Labute approximate surface area is 169 Å². The number of imidazole rings is 1. The van der Waals surface area contributed by atoms with E-state index in [0.29, 0.717) is 30.1 Å². The van der Waals surface area contributed by atoms with Crippen LogP contribution >= 0.6 is 0 Å². The molecule has 0 saturated carbocycles. The molecule has 29 heavy (non-hydrogen) atoms. The number of piperidine rings is 1. The van der Waals surface area contributed by atoms with Crippen LogP contribution in [0.1, 0.15) is 42.4 Å². The standard InChI is InChI=1S/C22H24N4O3/c1-16(27)20-24-19-11-7-12-23-21(19)26(20)14-18-10-5-6-13-25(18)22(28)29-15-17-8-3-2-4-9-17/h2-4,7-9,11-12,18H,5-6,10,13-15H2,1H3/t18-/m0/s1. The van der Waals surface area contributed by atoms with Crippen LogP contribution in [-0.2, 0) is 17.9 Å². The number of ketones is 1. The van der Waals surface area contributed by atoms with Gasteiger partial charge < -0.3 is 14.2 Å². The van der Waals surface area contributed by atoms with Gasteiger partial charge >= 0.3 is 6.09 Å². The summed E-state index contributed by atoms with van der Waals surface area (Å²) >= 11 is 0. The van der Waals surface area contributed by atoms with Crippen LogP contribution in [0, 0.1) is 0 Å². The summed E-state index contributed by atoms with van der Waals surface area (Å²) in [6.45, 7) is 2.87. The number of carbonyl (C=O) groups excluding carboxylic acids is 2. The van der Waals surface area contributed by atoms with Crippen molar-refractivity contribution in [1.82, 2.24) is 19.4 Å². The van der Waals surface area contributed by atoms with Gasteiger partial charge in [0, 0.05) is 26.2 Å². The molecule has 3 aromatic rings. The number of aromatic nitrogens is 3. The highest BCUT2D eigenvalue weighted by Gasteiger charge is 2.30. The van der Waals surface area contributed by atoms with Gasteiger partial charge in [0.25, 0.3) is 0 Å². The van der Waals surface area contributed by atoms with Crippen molar-refractivity contribution in [3.8, 4) is 0 Å². The van der Waals surface area contributed by atoms with Crippen molar-refractivity contribution in [2.75, 3.05) is 6.54 Å². The van der Waals surface area contributed by atoms with Gasteiger partial charge in [0.05, 0.1) is 6.04 Å². The highest BCUT2D eigenvalue weighted by Crippen LogP contribution is 2.23. The van der Waals surface area contributed by atoms with Crippen LogP contribution in [0.25, 0.3) is 11.2 Å². The third-order valence-corrected chi connectivity index (χ3v) is 5.28. The molecular formula is C22H24N4O3. The van der Waals surface area contributed by atoms with E-state index >= 15 is 0 Å². The number of benzene rings is 1. The van der Waals surface area contributed by atoms with Crippen LogP contribution in [0.5, 0.6) is 0 Å². The summed E-state index contributed by atoms with van der Waals surface area (Å²) in [4.78, 5) is 35.6. The predicted molar refractivity (Wildman–Crippen MR) is 109 cm³/mol. The molecule has 1 aliphatic heterocycles. The van der Waals surface area contributed by atoms with Crippen LogP contribution in [0.2, 0.25) is 0 Å². The number of pyridine rings is 1. The maximum atomic E-state index is 12.8. The molecule has 0 bridgehead atoms. The van der Waals surface area contributed by atoms with Crippen LogP contribution < -0.4 is 0 Å². The molecule has 1 aliphatic rings. The lowest BCUT2D eigenvalue weighted by atomic mass is 10.0. The van der Waals surface area contributed by atoms with Crippen LogP contribution in [0.15, 0.2) is 48.7 Å². The first-order valence-corrected chi connectivity index (χ1v) is 9.93. The number of ether oxygens (including phenoxy) is 1. The second-order valence-corrected chi connectivity index (χ2v) is 7.33. The Hall–Kier alpha value is -3.22. The Morgan fingerprint density at radius 3 is 2.76 bits per heavy atom. The normalized spacial score (nSPS) is 16.7. The molecule has 1 fully saturated rings. The van der Waals surface area contributed by atoms with Crippen LogP contribution in [-0.4, -0.2) is 43.9 Å². The lowest BCUT2D eigenvalue weighted by Crippen LogP contribution is -2.46. The zero-order valence-electron chi connectivity index (χ0n) is 16.5. The fourth-order valence-corrected chi connectivity index (χ4v) is 3.84. The molecule has 4 rings (SSSR count). The fourth-order valence-electron chi connectivity index (χ4n) is 3.84. The zero-order valence-corrected chi connectivity index (χ0v) is 16.5.